The molecule has 4 heteroatoms. The fraction of sp³-hybridized carbons (Fsp3) is 0.692. The van der Waals surface area contributed by atoms with E-state index in [4.69, 9.17) is 0 Å². The van der Waals surface area contributed by atoms with E-state index in [0.717, 1.165) is 19.3 Å². The van der Waals surface area contributed by atoms with Crippen LogP contribution in [0.2, 0.25) is 0 Å². The summed E-state index contributed by atoms with van der Waals surface area (Å²) in [5.41, 5.74) is 4.24. The van der Waals surface area contributed by atoms with Crippen molar-refractivity contribution in [2.45, 2.75) is 83.5 Å². The number of hydrogen-bond acceptors (Lipinski definition) is 3. The third-order valence-corrected chi connectivity index (χ3v) is 9.73. The summed E-state index contributed by atoms with van der Waals surface area (Å²) >= 11 is 0. The van der Waals surface area contributed by atoms with Crippen molar-refractivity contribution in [3.05, 3.63) is 47.6 Å². The van der Waals surface area contributed by atoms with Gasteiger partial charge >= 0.3 is 0 Å². The normalized spacial score (nSPS) is 37.6. The summed E-state index contributed by atoms with van der Waals surface area (Å²) < 4.78 is 23.5. The first-order valence-electron chi connectivity index (χ1n) is 11.7. The van der Waals surface area contributed by atoms with Gasteiger partial charge < -0.3 is 5.11 Å². The van der Waals surface area contributed by atoms with Crippen molar-refractivity contribution in [3.8, 4) is 0 Å². The Morgan fingerprint density at radius 2 is 1.87 bits per heavy atom. The molecule has 3 aliphatic rings. The molecule has 6 atom stereocenters. The molecule has 1 N–H and O–H groups in total. The minimum atomic E-state index is -3.02. The molecule has 0 aliphatic heterocycles. The Morgan fingerprint density at radius 1 is 1.13 bits per heavy atom. The molecule has 0 amide bonds. The highest BCUT2D eigenvalue weighted by molar-refractivity contribution is 7.91. The maximum atomic E-state index is 11.8. The lowest BCUT2D eigenvalue weighted by Gasteiger charge is -2.44. The third-order valence-electron chi connectivity index (χ3n) is 8.22. The van der Waals surface area contributed by atoms with Crippen molar-refractivity contribution in [1.29, 1.82) is 0 Å². The van der Waals surface area contributed by atoms with Crippen LogP contribution in [0.1, 0.15) is 72.1 Å². The van der Waals surface area contributed by atoms with E-state index in [9.17, 15) is 13.5 Å². The minimum absolute atomic E-state index is 0.227. The van der Waals surface area contributed by atoms with Crippen LogP contribution in [0.5, 0.6) is 0 Å². The zero-order valence-corrected chi connectivity index (χ0v) is 20.0. The average Bonchev–Trinajstić information content (AvgIpc) is 3.03. The van der Waals surface area contributed by atoms with Crippen LogP contribution in [-0.2, 0) is 9.84 Å². The summed E-state index contributed by atoms with van der Waals surface area (Å²) in [6.45, 7) is 10.7. The highest BCUT2D eigenvalue weighted by Gasteiger charge is 2.50. The number of hydrogen-bond donors (Lipinski definition) is 1. The second kappa shape index (κ2) is 9.16. The van der Waals surface area contributed by atoms with Crippen LogP contribution >= 0.6 is 0 Å². The zero-order chi connectivity index (χ0) is 22.1. The molecule has 3 nitrogen and oxygen atoms in total. The van der Waals surface area contributed by atoms with Crippen LogP contribution in [0.15, 0.2) is 47.6 Å². The largest absolute Gasteiger partial charge is 0.393 e. The smallest absolute Gasteiger partial charge is 0.153 e. The Morgan fingerprint density at radius 3 is 2.57 bits per heavy atom. The highest BCUT2D eigenvalue weighted by Crippen LogP contribution is 2.59. The Labute approximate surface area is 184 Å². The van der Waals surface area contributed by atoms with E-state index in [1.54, 1.807) is 12.5 Å². The molecule has 1 unspecified atom stereocenters. The second-order valence-electron chi connectivity index (χ2n) is 10.3. The molecule has 3 saturated carbocycles. The van der Waals surface area contributed by atoms with E-state index in [1.165, 1.54) is 49.5 Å². The molecule has 168 valence electrons. The Bertz CT molecular complexity index is 848. The monoisotopic (exact) mass is 432 g/mol. The first kappa shape index (κ1) is 23.5. The Kier molecular flexibility index (Phi) is 7.18. The lowest BCUT2D eigenvalue weighted by atomic mass is 9.61. The van der Waals surface area contributed by atoms with Gasteiger partial charge in [0.05, 0.1) is 11.4 Å². The van der Waals surface area contributed by atoms with Gasteiger partial charge in [0.1, 0.15) is 0 Å². The van der Waals surface area contributed by atoms with E-state index < -0.39 is 15.1 Å². The second-order valence-corrected chi connectivity index (χ2v) is 12.7. The van der Waals surface area contributed by atoms with Gasteiger partial charge in [0, 0.05) is 6.26 Å². The van der Waals surface area contributed by atoms with Crippen LogP contribution in [0.25, 0.3) is 0 Å². The van der Waals surface area contributed by atoms with Crippen LogP contribution < -0.4 is 0 Å². The molecule has 0 bridgehead atoms. The first-order chi connectivity index (χ1) is 14.0. The number of allylic oxidation sites excluding steroid dienone is 5. The standard InChI is InChI=1S/C26H40O3S/c1-18-9-13-23(27)17-22(18)12-11-21-7-6-16-26(4)24(14-15-25(21)26)19(2)8-10-20(3)30(5,28)29/h8,10-12,19-20,23-25,27H,1,6-7,9,13-17H2,2-5H3/b10-8+,21-11+,22-12-/t19-,20-,23-,24?,25-,26+/m0/s1. The molecule has 0 aromatic rings. The van der Waals surface area contributed by atoms with E-state index in [-0.39, 0.29) is 11.5 Å². The van der Waals surface area contributed by atoms with Crippen LogP contribution in [-0.4, -0.2) is 31.1 Å². The van der Waals surface area contributed by atoms with Crippen LogP contribution in [0.3, 0.4) is 0 Å². The van der Waals surface area contributed by atoms with Crippen LogP contribution in [0.4, 0.5) is 0 Å². The van der Waals surface area contributed by atoms with Crippen molar-refractivity contribution < 1.29 is 13.5 Å². The van der Waals surface area contributed by atoms with Crippen molar-refractivity contribution in [2.75, 3.05) is 6.26 Å². The van der Waals surface area contributed by atoms with Gasteiger partial charge in [0.25, 0.3) is 0 Å². The number of aliphatic hydroxyl groups excluding tert-OH is 1. The Hall–Kier alpha value is -1.13. The van der Waals surface area contributed by atoms with Gasteiger partial charge in [-0.15, -0.1) is 0 Å². The predicted molar refractivity (Wildman–Crippen MR) is 126 cm³/mol. The van der Waals surface area contributed by atoms with Crippen molar-refractivity contribution in [3.63, 3.8) is 0 Å². The summed E-state index contributed by atoms with van der Waals surface area (Å²) in [5.74, 6) is 1.58. The summed E-state index contributed by atoms with van der Waals surface area (Å²) in [4.78, 5) is 0. The van der Waals surface area contributed by atoms with E-state index in [1.807, 2.05) is 6.08 Å². The predicted octanol–water partition coefficient (Wildman–Crippen LogP) is 5.78. The molecule has 0 heterocycles. The van der Waals surface area contributed by atoms with Gasteiger partial charge in [-0.05, 0) is 87.0 Å². The maximum Gasteiger partial charge on any atom is 0.153 e. The van der Waals surface area contributed by atoms with Crippen molar-refractivity contribution >= 4 is 9.84 Å². The SMILES string of the molecule is C=C1CC[C@H](O)C/C1=C/C=C1\CCC[C@]2(C)C([C@@H](C)/C=C/[C@H](C)S(C)(=O)=O)CC[C@@H]12. The average molecular weight is 433 g/mol. The molecule has 30 heavy (non-hydrogen) atoms. The summed E-state index contributed by atoms with van der Waals surface area (Å²) in [5, 5.41) is 9.60. The number of sulfone groups is 1. The van der Waals surface area contributed by atoms with E-state index in [0.29, 0.717) is 17.8 Å². The van der Waals surface area contributed by atoms with Gasteiger partial charge in [-0.1, -0.05) is 55.9 Å². The summed E-state index contributed by atoms with van der Waals surface area (Å²) in [6, 6.07) is 0. The molecule has 0 saturated heterocycles. The third kappa shape index (κ3) is 5.02. The zero-order valence-electron chi connectivity index (χ0n) is 19.2. The molecule has 0 aromatic heterocycles. The quantitative estimate of drug-likeness (QED) is 0.560. The first-order valence-corrected chi connectivity index (χ1v) is 13.6. The van der Waals surface area contributed by atoms with Gasteiger partial charge in [0.2, 0.25) is 0 Å². The van der Waals surface area contributed by atoms with Crippen LogP contribution in [0, 0.1) is 23.2 Å². The van der Waals surface area contributed by atoms with E-state index >= 15 is 0 Å². The van der Waals surface area contributed by atoms with Crippen molar-refractivity contribution in [2.24, 2.45) is 23.2 Å². The fourth-order valence-electron chi connectivity index (χ4n) is 6.15. The lowest BCUT2D eigenvalue weighted by Crippen LogP contribution is -2.35. The molecular formula is C26H40O3S. The minimum Gasteiger partial charge on any atom is -0.393 e. The molecule has 0 radical (unpaired) electrons. The molecule has 0 aromatic carbocycles. The molecule has 3 aliphatic carbocycles. The fourth-order valence-corrected chi connectivity index (χ4v) is 6.52. The summed E-state index contributed by atoms with van der Waals surface area (Å²) in [6.07, 6.45) is 18.2. The highest BCUT2D eigenvalue weighted by atomic mass is 32.2. The number of aliphatic hydroxyl groups is 1. The number of fused-ring (bicyclic) bond motifs is 1. The molecule has 3 fully saturated rings. The van der Waals surface area contributed by atoms with Gasteiger partial charge in [0.15, 0.2) is 9.84 Å². The topological polar surface area (TPSA) is 54.4 Å². The molecule has 0 spiro atoms. The van der Waals surface area contributed by atoms with E-state index in [2.05, 4.69) is 38.7 Å². The Balaban J connectivity index is 1.76. The summed E-state index contributed by atoms with van der Waals surface area (Å²) in [7, 11) is -3.02. The van der Waals surface area contributed by atoms with Gasteiger partial charge in [-0.3, -0.25) is 0 Å². The van der Waals surface area contributed by atoms with Gasteiger partial charge in [-0.25, -0.2) is 8.42 Å². The molecular weight excluding hydrogens is 392 g/mol. The number of rotatable bonds is 5. The lowest BCUT2D eigenvalue weighted by molar-refractivity contribution is 0.112. The van der Waals surface area contributed by atoms with Gasteiger partial charge in [-0.2, -0.15) is 0 Å². The maximum absolute atomic E-state index is 11.8. The molecule has 3 rings (SSSR count). The van der Waals surface area contributed by atoms with Crippen molar-refractivity contribution in [1.82, 2.24) is 0 Å².